The van der Waals surface area contributed by atoms with E-state index in [1.165, 1.54) is 24.5 Å². The van der Waals surface area contributed by atoms with Gasteiger partial charge in [0.2, 0.25) is 5.91 Å². The molecule has 1 unspecified atom stereocenters. The number of rotatable bonds is 5. The molecule has 0 saturated heterocycles. The summed E-state index contributed by atoms with van der Waals surface area (Å²) in [6.07, 6.45) is 0. The standard InChI is InChI=1S/C19H15F2N3O2S/c1-22-18(26)16(12-7-8-13(20)14(21)9-12)24-17(25)15-10-27-19(23-15)11-5-3-2-4-6-11/h2-10,16H,1H3,(H,22,26)(H,24,25). The van der Waals surface area contributed by atoms with Crippen molar-refractivity contribution in [3.05, 3.63) is 76.8 Å². The first-order chi connectivity index (χ1) is 13.0. The molecule has 3 rings (SSSR count). The Hall–Kier alpha value is -3.13. The minimum Gasteiger partial charge on any atom is -0.357 e. The summed E-state index contributed by atoms with van der Waals surface area (Å²) in [6, 6.07) is 11.2. The fourth-order valence-electron chi connectivity index (χ4n) is 2.43. The number of benzene rings is 2. The van der Waals surface area contributed by atoms with E-state index in [0.29, 0.717) is 5.01 Å². The molecule has 27 heavy (non-hydrogen) atoms. The van der Waals surface area contributed by atoms with Gasteiger partial charge >= 0.3 is 0 Å². The van der Waals surface area contributed by atoms with Crippen LogP contribution in [0.4, 0.5) is 8.78 Å². The molecule has 8 heteroatoms. The smallest absolute Gasteiger partial charge is 0.271 e. The molecular weight excluding hydrogens is 372 g/mol. The Morgan fingerprint density at radius 3 is 2.48 bits per heavy atom. The normalized spacial score (nSPS) is 11.7. The van der Waals surface area contributed by atoms with Gasteiger partial charge in [0, 0.05) is 18.0 Å². The van der Waals surface area contributed by atoms with Crippen LogP contribution in [-0.2, 0) is 4.79 Å². The Balaban J connectivity index is 1.84. The molecule has 1 atom stereocenters. The number of nitrogens with one attached hydrogen (secondary N) is 2. The third-order valence-electron chi connectivity index (χ3n) is 3.82. The van der Waals surface area contributed by atoms with Crippen molar-refractivity contribution in [2.75, 3.05) is 7.05 Å². The SMILES string of the molecule is CNC(=O)C(NC(=O)c1csc(-c2ccccc2)n1)c1ccc(F)c(F)c1. The first kappa shape index (κ1) is 18.7. The molecule has 138 valence electrons. The highest BCUT2D eigenvalue weighted by Gasteiger charge is 2.24. The number of likely N-dealkylation sites (N-methyl/N-ethyl adjacent to an activating group) is 1. The molecular formula is C19H15F2N3O2S. The summed E-state index contributed by atoms with van der Waals surface area (Å²) in [5.41, 5.74) is 1.13. The van der Waals surface area contributed by atoms with Gasteiger partial charge in [-0.15, -0.1) is 11.3 Å². The van der Waals surface area contributed by atoms with Crippen LogP contribution in [0, 0.1) is 11.6 Å². The highest BCUT2D eigenvalue weighted by atomic mass is 32.1. The molecule has 0 aliphatic carbocycles. The van der Waals surface area contributed by atoms with Gasteiger partial charge in [-0.3, -0.25) is 9.59 Å². The number of amides is 2. The Morgan fingerprint density at radius 1 is 1.07 bits per heavy atom. The van der Waals surface area contributed by atoms with E-state index in [9.17, 15) is 18.4 Å². The average Bonchev–Trinajstić information content (AvgIpc) is 3.19. The molecule has 0 bridgehead atoms. The molecule has 0 fully saturated rings. The van der Waals surface area contributed by atoms with Crippen molar-refractivity contribution in [1.29, 1.82) is 0 Å². The van der Waals surface area contributed by atoms with Gasteiger partial charge in [0.25, 0.3) is 5.91 Å². The maximum Gasteiger partial charge on any atom is 0.271 e. The first-order valence-electron chi connectivity index (χ1n) is 7.98. The fraction of sp³-hybridized carbons (Fsp3) is 0.105. The molecule has 0 aliphatic rings. The number of carbonyl (C=O) groups excluding carboxylic acids is 2. The molecule has 2 N–H and O–H groups in total. The van der Waals surface area contributed by atoms with Crippen LogP contribution >= 0.6 is 11.3 Å². The second-order valence-electron chi connectivity index (χ2n) is 5.60. The summed E-state index contributed by atoms with van der Waals surface area (Å²) >= 11 is 1.29. The largest absolute Gasteiger partial charge is 0.357 e. The van der Waals surface area contributed by atoms with Crippen LogP contribution in [0.15, 0.2) is 53.9 Å². The van der Waals surface area contributed by atoms with Crippen LogP contribution < -0.4 is 10.6 Å². The van der Waals surface area contributed by atoms with E-state index >= 15 is 0 Å². The van der Waals surface area contributed by atoms with Gasteiger partial charge in [0.05, 0.1) is 0 Å². The zero-order chi connectivity index (χ0) is 19.4. The van der Waals surface area contributed by atoms with E-state index in [1.807, 2.05) is 30.3 Å². The predicted octanol–water partition coefficient (Wildman–Crippen LogP) is 3.31. The van der Waals surface area contributed by atoms with Crippen molar-refractivity contribution in [2.45, 2.75) is 6.04 Å². The highest BCUT2D eigenvalue weighted by Crippen LogP contribution is 2.24. The van der Waals surface area contributed by atoms with Crippen molar-refractivity contribution in [3.8, 4) is 10.6 Å². The quantitative estimate of drug-likeness (QED) is 0.706. The molecule has 1 aromatic heterocycles. The fourth-order valence-corrected chi connectivity index (χ4v) is 3.24. The zero-order valence-electron chi connectivity index (χ0n) is 14.2. The van der Waals surface area contributed by atoms with Crippen LogP contribution in [-0.4, -0.2) is 23.8 Å². The van der Waals surface area contributed by atoms with Crippen molar-refractivity contribution in [2.24, 2.45) is 0 Å². The van der Waals surface area contributed by atoms with Crippen molar-refractivity contribution >= 4 is 23.2 Å². The van der Waals surface area contributed by atoms with Crippen LogP contribution in [0.1, 0.15) is 22.1 Å². The van der Waals surface area contributed by atoms with Crippen LogP contribution in [0.25, 0.3) is 10.6 Å². The van der Waals surface area contributed by atoms with Gasteiger partial charge in [-0.2, -0.15) is 0 Å². The maximum atomic E-state index is 13.5. The number of aromatic nitrogens is 1. The monoisotopic (exact) mass is 387 g/mol. The Bertz CT molecular complexity index is 976. The lowest BCUT2D eigenvalue weighted by atomic mass is 10.1. The number of thiazole rings is 1. The molecule has 0 radical (unpaired) electrons. The Kier molecular flexibility index (Phi) is 5.56. The second kappa shape index (κ2) is 8.05. The first-order valence-corrected chi connectivity index (χ1v) is 8.86. The predicted molar refractivity (Wildman–Crippen MR) is 98.2 cm³/mol. The third-order valence-corrected chi connectivity index (χ3v) is 4.71. The Labute approximate surface area is 158 Å². The van der Waals surface area contributed by atoms with Gasteiger partial charge in [0.1, 0.15) is 16.7 Å². The number of carbonyl (C=O) groups is 2. The summed E-state index contributed by atoms with van der Waals surface area (Å²) in [7, 11) is 1.39. The van der Waals surface area contributed by atoms with Gasteiger partial charge in [-0.1, -0.05) is 36.4 Å². The topological polar surface area (TPSA) is 71.1 Å². The minimum atomic E-state index is -1.18. The van der Waals surface area contributed by atoms with E-state index in [4.69, 9.17) is 0 Å². The molecule has 0 aliphatic heterocycles. The van der Waals surface area contributed by atoms with E-state index in [-0.39, 0.29) is 11.3 Å². The number of nitrogens with zero attached hydrogens (tertiary/aromatic N) is 1. The maximum absolute atomic E-state index is 13.5. The van der Waals surface area contributed by atoms with Gasteiger partial charge in [-0.25, -0.2) is 13.8 Å². The van der Waals surface area contributed by atoms with Gasteiger partial charge < -0.3 is 10.6 Å². The van der Waals surface area contributed by atoms with Crippen LogP contribution in [0.3, 0.4) is 0 Å². The molecule has 0 spiro atoms. The number of halogens is 2. The summed E-state index contributed by atoms with van der Waals surface area (Å²) in [5.74, 6) is -3.29. The van der Waals surface area contributed by atoms with E-state index in [1.54, 1.807) is 5.38 Å². The van der Waals surface area contributed by atoms with Crippen molar-refractivity contribution in [1.82, 2.24) is 15.6 Å². The zero-order valence-corrected chi connectivity index (χ0v) is 15.0. The second-order valence-corrected chi connectivity index (χ2v) is 6.46. The Morgan fingerprint density at radius 2 is 1.81 bits per heavy atom. The van der Waals surface area contributed by atoms with E-state index in [0.717, 1.165) is 17.7 Å². The minimum absolute atomic E-state index is 0.125. The molecule has 2 amide bonds. The molecule has 5 nitrogen and oxygen atoms in total. The number of hydrogen-bond donors (Lipinski definition) is 2. The van der Waals surface area contributed by atoms with Gasteiger partial charge in [0.15, 0.2) is 11.6 Å². The van der Waals surface area contributed by atoms with Crippen LogP contribution in [0.5, 0.6) is 0 Å². The lowest BCUT2D eigenvalue weighted by Gasteiger charge is -2.17. The average molecular weight is 387 g/mol. The summed E-state index contributed by atoms with van der Waals surface area (Å²) < 4.78 is 26.7. The molecule has 2 aromatic carbocycles. The summed E-state index contributed by atoms with van der Waals surface area (Å²) in [4.78, 5) is 29.0. The van der Waals surface area contributed by atoms with Gasteiger partial charge in [-0.05, 0) is 17.7 Å². The lowest BCUT2D eigenvalue weighted by Crippen LogP contribution is -2.39. The van der Waals surface area contributed by atoms with Crippen LogP contribution in [0.2, 0.25) is 0 Å². The highest BCUT2D eigenvalue weighted by molar-refractivity contribution is 7.13. The lowest BCUT2D eigenvalue weighted by molar-refractivity contribution is -0.122. The van der Waals surface area contributed by atoms with Crippen molar-refractivity contribution in [3.63, 3.8) is 0 Å². The van der Waals surface area contributed by atoms with Crippen molar-refractivity contribution < 1.29 is 18.4 Å². The molecule has 0 saturated carbocycles. The van der Waals surface area contributed by atoms with E-state index in [2.05, 4.69) is 15.6 Å². The summed E-state index contributed by atoms with van der Waals surface area (Å²) in [6.45, 7) is 0. The molecule has 1 heterocycles. The summed E-state index contributed by atoms with van der Waals surface area (Å²) in [5, 5.41) is 7.14. The van der Waals surface area contributed by atoms with E-state index < -0.39 is 29.5 Å². The number of hydrogen-bond acceptors (Lipinski definition) is 4. The molecule has 3 aromatic rings. The third kappa shape index (κ3) is 4.17.